The zero-order valence-electron chi connectivity index (χ0n) is 11.1. The molecule has 0 fully saturated rings. The van der Waals surface area contributed by atoms with Crippen molar-refractivity contribution in [2.75, 3.05) is 13.2 Å². The molecule has 0 radical (unpaired) electrons. The van der Waals surface area contributed by atoms with Crippen molar-refractivity contribution in [3.05, 3.63) is 24.5 Å². The van der Waals surface area contributed by atoms with Crippen LogP contribution >= 0.6 is 0 Å². The number of rotatable bonds is 8. The third-order valence-electron chi connectivity index (χ3n) is 2.68. The van der Waals surface area contributed by atoms with E-state index in [1.165, 1.54) is 12.8 Å². The van der Waals surface area contributed by atoms with E-state index in [1.54, 1.807) is 12.4 Å². The Kier molecular flexibility index (Phi) is 6.63. The van der Waals surface area contributed by atoms with Gasteiger partial charge in [-0.3, -0.25) is 4.98 Å². The quantitative estimate of drug-likeness (QED) is 0.705. The van der Waals surface area contributed by atoms with Gasteiger partial charge in [0.15, 0.2) is 0 Å². The first-order valence-electron chi connectivity index (χ1n) is 6.44. The van der Waals surface area contributed by atoms with Crippen LogP contribution in [0.4, 0.5) is 0 Å². The molecule has 1 heterocycles. The molecule has 17 heavy (non-hydrogen) atoms. The largest absolute Gasteiger partial charge is 0.491 e. The molecule has 0 aliphatic rings. The average molecular weight is 236 g/mol. The van der Waals surface area contributed by atoms with Gasteiger partial charge in [-0.05, 0) is 37.8 Å². The zero-order valence-corrected chi connectivity index (χ0v) is 11.1. The topological polar surface area (TPSA) is 34.1 Å². The van der Waals surface area contributed by atoms with E-state index >= 15 is 0 Å². The minimum absolute atomic E-state index is 0.565. The van der Waals surface area contributed by atoms with Gasteiger partial charge in [-0.2, -0.15) is 0 Å². The molecule has 0 saturated carbocycles. The first-order valence-corrected chi connectivity index (χ1v) is 6.44. The number of hydrogen-bond acceptors (Lipinski definition) is 3. The summed E-state index contributed by atoms with van der Waals surface area (Å²) in [6.07, 6.45) is 5.99. The number of nitrogens with zero attached hydrogens (tertiary/aromatic N) is 1. The lowest BCUT2D eigenvalue weighted by Gasteiger charge is -2.15. The van der Waals surface area contributed by atoms with Gasteiger partial charge in [-0.25, -0.2) is 0 Å². The average Bonchev–Trinajstić information content (AvgIpc) is 2.33. The molecular formula is C14H24N2O. The van der Waals surface area contributed by atoms with Gasteiger partial charge in [-0.1, -0.05) is 13.8 Å². The van der Waals surface area contributed by atoms with Crippen LogP contribution in [0.1, 0.15) is 33.6 Å². The highest BCUT2D eigenvalue weighted by Gasteiger charge is 2.02. The molecule has 1 atom stereocenters. The second kappa shape index (κ2) is 8.07. The predicted molar refractivity (Wildman–Crippen MR) is 71.3 cm³/mol. The van der Waals surface area contributed by atoms with Crippen molar-refractivity contribution in [1.29, 1.82) is 0 Å². The van der Waals surface area contributed by atoms with Crippen molar-refractivity contribution in [3.8, 4) is 5.75 Å². The van der Waals surface area contributed by atoms with Gasteiger partial charge in [0, 0.05) is 18.8 Å². The highest BCUT2D eigenvalue weighted by molar-refractivity contribution is 5.15. The number of ether oxygens (including phenoxy) is 1. The lowest BCUT2D eigenvalue weighted by molar-refractivity contribution is 0.302. The van der Waals surface area contributed by atoms with Gasteiger partial charge >= 0.3 is 0 Å². The van der Waals surface area contributed by atoms with Crippen LogP contribution in [0.25, 0.3) is 0 Å². The molecule has 3 nitrogen and oxygen atoms in total. The normalized spacial score (nSPS) is 12.7. The molecule has 0 amide bonds. The highest BCUT2D eigenvalue weighted by atomic mass is 16.5. The summed E-state index contributed by atoms with van der Waals surface area (Å²) in [5.41, 5.74) is 0. The summed E-state index contributed by atoms with van der Waals surface area (Å²) in [7, 11) is 0. The fourth-order valence-corrected chi connectivity index (χ4v) is 1.59. The molecule has 1 rings (SSSR count). The van der Waals surface area contributed by atoms with Crippen molar-refractivity contribution in [1.82, 2.24) is 10.3 Å². The van der Waals surface area contributed by atoms with Crippen molar-refractivity contribution < 1.29 is 4.74 Å². The third-order valence-corrected chi connectivity index (χ3v) is 2.68. The maximum atomic E-state index is 5.56. The van der Waals surface area contributed by atoms with Crippen LogP contribution in [0.5, 0.6) is 5.75 Å². The summed E-state index contributed by atoms with van der Waals surface area (Å²) < 4.78 is 5.56. The van der Waals surface area contributed by atoms with Gasteiger partial charge in [0.05, 0.1) is 6.20 Å². The molecule has 3 heteroatoms. The van der Waals surface area contributed by atoms with Crippen LogP contribution < -0.4 is 10.1 Å². The molecule has 0 saturated heterocycles. The molecule has 0 aromatic carbocycles. The Morgan fingerprint density at radius 1 is 1.29 bits per heavy atom. The van der Waals surface area contributed by atoms with Crippen molar-refractivity contribution >= 4 is 0 Å². The minimum atomic E-state index is 0.565. The molecule has 1 aromatic rings. The van der Waals surface area contributed by atoms with E-state index in [4.69, 9.17) is 4.74 Å². The summed E-state index contributed by atoms with van der Waals surface area (Å²) in [4.78, 5) is 4.00. The Labute approximate surface area is 105 Å². The van der Waals surface area contributed by atoms with Gasteiger partial charge < -0.3 is 10.1 Å². The Hall–Kier alpha value is -1.09. The summed E-state index contributed by atoms with van der Waals surface area (Å²) in [5.74, 6) is 1.62. The first-order chi connectivity index (χ1) is 8.18. The highest BCUT2D eigenvalue weighted by Crippen LogP contribution is 2.07. The summed E-state index contributed by atoms with van der Waals surface area (Å²) in [6, 6.07) is 4.37. The van der Waals surface area contributed by atoms with E-state index in [1.807, 2.05) is 12.1 Å². The van der Waals surface area contributed by atoms with E-state index in [2.05, 4.69) is 31.1 Å². The Morgan fingerprint density at radius 3 is 2.76 bits per heavy atom. The molecule has 1 aromatic heterocycles. The summed E-state index contributed by atoms with van der Waals surface area (Å²) in [6.45, 7) is 8.33. The molecule has 0 spiro atoms. The fourth-order valence-electron chi connectivity index (χ4n) is 1.59. The predicted octanol–water partition coefficient (Wildman–Crippen LogP) is 2.87. The first kappa shape index (κ1) is 14.0. The number of aromatic nitrogens is 1. The van der Waals surface area contributed by atoms with Crippen LogP contribution in [0, 0.1) is 5.92 Å². The maximum absolute atomic E-state index is 5.56. The van der Waals surface area contributed by atoms with Gasteiger partial charge in [0.25, 0.3) is 0 Å². The third kappa shape index (κ3) is 6.95. The van der Waals surface area contributed by atoms with Crippen LogP contribution in [-0.4, -0.2) is 24.2 Å². The van der Waals surface area contributed by atoms with Gasteiger partial charge in [0.2, 0.25) is 0 Å². The number of hydrogen-bond donors (Lipinski definition) is 1. The van der Waals surface area contributed by atoms with E-state index in [0.29, 0.717) is 12.6 Å². The van der Waals surface area contributed by atoms with Crippen molar-refractivity contribution in [3.63, 3.8) is 0 Å². The number of pyridine rings is 1. The molecule has 0 aliphatic carbocycles. The standard InChI is InChI=1S/C14H24N2O/c1-12(2)6-7-13(3)16-9-10-17-14-5-4-8-15-11-14/h4-5,8,11-13,16H,6-7,9-10H2,1-3H3. The lowest BCUT2D eigenvalue weighted by Crippen LogP contribution is -2.30. The Balaban J connectivity index is 2.04. The summed E-state index contributed by atoms with van der Waals surface area (Å²) in [5, 5.41) is 3.46. The molecule has 96 valence electrons. The van der Waals surface area contributed by atoms with Gasteiger partial charge in [-0.15, -0.1) is 0 Å². The van der Waals surface area contributed by atoms with E-state index in [0.717, 1.165) is 18.2 Å². The van der Waals surface area contributed by atoms with Crippen LogP contribution in [0.2, 0.25) is 0 Å². The second-order valence-electron chi connectivity index (χ2n) is 4.86. The number of nitrogens with one attached hydrogen (secondary N) is 1. The summed E-state index contributed by atoms with van der Waals surface area (Å²) >= 11 is 0. The lowest BCUT2D eigenvalue weighted by atomic mass is 10.0. The van der Waals surface area contributed by atoms with Crippen LogP contribution in [0.3, 0.4) is 0 Å². The van der Waals surface area contributed by atoms with E-state index in [-0.39, 0.29) is 0 Å². The molecule has 0 bridgehead atoms. The van der Waals surface area contributed by atoms with E-state index < -0.39 is 0 Å². The minimum Gasteiger partial charge on any atom is -0.491 e. The fraction of sp³-hybridized carbons (Fsp3) is 0.643. The van der Waals surface area contributed by atoms with Crippen LogP contribution in [-0.2, 0) is 0 Å². The monoisotopic (exact) mass is 236 g/mol. The van der Waals surface area contributed by atoms with Crippen LogP contribution in [0.15, 0.2) is 24.5 Å². The van der Waals surface area contributed by atoms with E-state index in [9.17, 15) is 0 Å². The van der Waals surface area contributed by atoms with Crippen molar-refractivity contribution in [2.24, 2.45) is 5.92 Å². The zero-order chi connectivity index (χ0) is 12.5. The Bertz CT molecular complexity index is 288. The molecular weight excluding hydrogens is 212 g/mol. The smallest absolute Gasteiger partial charge is 0.137 e. The Morgan fingerprint density at radius 2 is 2.12 bits per heavy atom. The second-order valence-corrected chi connectivity index (χ2v) is 4.86. The molecule has 1 unspecified atom stereocenters. The van der Waals surface area contributed by atoms with Crippen molar-refractivity contribution in [2.45, 2.75) is 39.7 Å². The SMILES string of the molecule is CC(C)CCC(C)NCCOc1cccnc1. The van der Waals surface area contributed by atoms with Gasteiger partial charge in [0.1, 0.15) is 12.4 Å². The maximum Gasteiger partial charge on any atom is 0.137 e. The molecule has 1 N–H and O–H groups in total. The molecule has 0 aliphatic heterocycles.